The van der Waals surface area contributed by atoms with Crippen LogP contribution in [0.15, 0.2) is 54.6 Å². The summed E-state index contributed by atoms with van der Waals surface area (Å²) >= 11 is 0. The maximum absolute atomic E-state index is 14.6. The number of nitrogens with one attached hydrogen (secondary N) is 2. The first-order valence-corrected chi connectivity index (χ1v) is 17.3. The number of Topliss-reactive ketones (excluding diaryl/α,β-unsaturated/α-hetero) is 1. The van der Waals surface area contributed by atoms with Gasteiger partial charge in [0.15, 0.2) is 5.78 Å². The molecule has 1 heterocycles. The fourth-order valence-electron chi connectivity index (χ4n) is 9.58. The summed E-state index contributed by atoms with van der Waals surface area (Å²) < 4.78 is 5.30. The van der Waals surface area contributed by atoms with Crippen LogP contribution >= 0.6 is 0 Å². The molecule has 0 spiro atoms. The predicted octanol–water partition coefficient (Wildman–Crippen LogP) is 1.36. The van der Waals surface area contributed by atoms with Crippen molar-refractivity contribution in [2.45, 2.75) is 81.5 Å². The van der Waals surface area contributed by atoms with Gasteiger partial charge in [-0.25, -0.2) is 0 Å². The lowest BCUT2D eigenvalue weighted by Gasteiger charge is -2.63. The Morgan fingerprint density at radius 1 is 0.959 bits per heavy atom. The molecular formula is C37H47N5O7. The number of phenolic OH excluding ortho intramolecular Hbond substituents is 1. The van der Waals surface area contributed by atoms with Gasteiger partial charge in [0, 0.05) is 12.1 Å². The number of esters is 1. The van der Waals surface area contributed by atoms with Crippen molar-refractivity contribution in [3.63, 3.8) is 0 Å². The first-order chi connectivity index (χ1) is 23.4. The van der Waals surface area contributed by atoms with E-state index in [4.69, 9.17) is 16.2 Å². The van der Waals surface area contributed by atoms with Crippen LogP contribution in [-0.4, -0.2) is 83.3 Å². The zero-order valence-corrected chi connectivity index (χ0v) is 27.9. The van der Waals surface area contributed by atoms with Crippen LogP contribution in [0.1, 0.15) is 56.1 Å². The van der Waals surface area contributed by atoms with E-state index in [1.165, 1.54) is 24.1 Å². The van der Waals surface area contributed by atoms with Gasteiger partial charge in [0.05, 0.1) is 37.1 Å². The molecule has 5 aliphatic rings. The van der Waals surface area contributed by atoms with Crippen LogP contribution in [-0.2, 0) is 41.6 Å². The van der Waals surface area contributed by atoms with E-state index in [0.717, 1.165) is 17.5 Å². The molecule has 7 N–H and O–H groups in total. The predicted molar refractivity (Wildman–Crippen MR) is 180 cm³/mol. The summed E-state index contributed by atoms with van der Waals surface area (Å²) in [5, 5.41) is 15.1. The molecule has 6 atom stereocenters. The van der Waals surface area contributed by atoms with Gasteiger partial charge in [-0.15, -0.1) is 0 Å². The lowest BCUT2D eigenvalue weighted by atomic mass is 9.41. The van der Waals surface area contributed by atoms with Gasteiger partial charge in [-0.1, -0.05) is 42.5 Å². The largest absolute Gasteiger partial charge is 0.508 e. The summed E-state index contributed by atoms with van der Waals surface area (Å²) in [6, 6.07) is 13.1. The number of hydrogen-bond acceptors (Lipinski definition) is 9. The van der Waals surface area contributed by atoms with Gasteiger partial charge in [-0.05, 0) is 92.9 Å². The fraction of sp³-hybridized carbons (Fsp3) is 0.541. The van der Waals surface area contributed by atoms with Crippen LogP contribution in [0.25, 0.3) is 0 Å². The Balaban J connectivity index is 1.13. The molecule has 4 saturated carbocycles. The Labute approximate surface area is 286 Å². The number of rotatable bonds is 12. The molecule has 0 radical (unpaired) electrons. The van der Waals surface area contributed by atoms with Gasteiger partial charge in [-0.3, -0.25) is 24.0 Å². The average molecular weight is 674 g/mol. The smallest absolute Gasteiger partial charge is 0.312 e. The topological polar surface area (TPSA) is 194 Å². The van der Waals surface area contributed by atoms with Crippen LogP contribution in [0, 0.1) is 23.2 Å². The highest BCUT2D eigenvalue weighted by Gasteiger charge is 2.68. The minimum absolute atomic E-state index is 0.112. The molecule has 12 heteroatoms. The molecule has 5 fully saturated rings. The van der Waals surface area contributed by atoms with Crippen molar-refractivity contribution in [1.82, 2.24) is 15.5 Å². The van der Waals surface area contributed by atoms with Crippen LogP contribution in [0.3, 0.4) is 0 Å². The van der Waals surface area contributed by atoms with Crippen molar-refractivity contribution >= 4 is 29.5 Å². The van der Waals surface area contributed by atoms with E-state index in [-0.39, 0.29) is 42.1 Å². The second kappa shape index (κ2) is 13.9. The number of nitrogens with two attached hydrogens (primary N) is 2. The van der Waals surface area contributed by atoms with Gasteiger partial charge >= 0.3 is 5.97 Å². The van der Waals surface area contributed by atoms with E-state index in [1.807, 2.05) is 30.3 Å². The molecule has 4 bridgehead atoms. The molecule has 0 aromatic heterocycles. The zero-order valence-electron chi connectivity index (χ0n) is 27.9. The number of nitrogens with zero attached hydrogens (tertiary/aromatic N) is 1. The summed E-state index contributed by atoms with van der Waals surface area (Å²) in [5.74, 6) is -2.30. The quantitative estimate of drug-likeness (QED) is 0.207. The van der Waals surface area contributed by atoms with E-state index in [2.05, 4.69) is 10.6 Å². The highest BCUT2D eigenvalue weighted by Crippen LogP contribution is 2.64. The van der Waals surface area contributed by atoms with Gasteiger partial charge < -0.3 is 36.8 Å². The van der Waals surface area contributed by atoms with Gasteiger partial charge in [0.1, 0.15) is 11.8 Å². The van der Waals surface area contributed by atoms with Crippen molar-refractivity contribution in [3.8, 4) is 5.75 Å². The molecule has 7 rings (SSSR count). The number of amides is 3. The number of methoxy groups -OCH3 is 1. The Hall–Kier alpha value is -4.29. The number of likely N-dealkylation sites (tertiary alicyclic amines) is 1. The Bertz CT molecular complexity index is 1570. The number of ketones is 1. The second-order valence-corrected chi connectivity index (χ2v) is 14.7. The zero-order chi connectivity index (χ0) is 34.9. The number of carbonyl (C=O) groups excluding carboxylic acids is 5. The highest BCUT2D eigenvalue weighted by molar-refractivity contribution is 5.98. The second-order valence-electron chi connectivity index (χ2n) is 14.7. The summed E-state index contributed by atoms with van der Waals surface area (Å²) in [6.45, 7) is -0.0356. The molecule has 262 valence electrons. The molecular weight excluding hydrogens is 626 g/mol. The summed E-state index contributed by atoms with van der Waals surface area (Å²) in [4.78, 5) is 69.5. The van der Waals surface area contributed by atoms with Crippen LogP contribution in [0.5, 0.6) is 5.75 Å². The van der Waals surface area contributed by atoms with E-state index >= 15 is 0 Å². The molecule has 3 amide bonds. The first-order valence-electron chi connectivity index (χ1n) is 17.3. The lowest BCUT2D eigenvalue weighted by Crippen LogP contribution is -2.72. The Kier molecular flexibility index (Phi) is 9.81. The maximum atomic E-state index is 14.6. The average Bonchev–Trinajstić information content (AvgIpc) is 3.57. The molecule has 2 aromatic rings. The highest BCUT2D eigenvalue weighted by atomic mass is 16.5. The van der Waals surface area contributed by atoms with E-state index in [0.29, 0.717) is 45.1 Å². The number of phenols is 1. The first kappa shape index (κ1) is 34.6. The Morgan fingerprint density at radius 2 is 1.61 bits per heavy atom. The van der Waals surface area contributed by atoms with Crippen molar-refractivity contribution < 1.29 is 33.8 Å². The number of aromatic hydroxyl groups is 1. The van der Waals surface area contributed by atoms with Crippen LogP contribution in [0.2, 0.25) is 0 Å². The normalized spacial score (nSPS) is 29.6. The summed E-state index contributed by atoms with van der Waals surface area (Å²) in [7, 11) is 1.35. The number of benzene rings is 2. The van der Waals surface area contributed by atoms with Crippen molar-refractivity contribution in [3.05, 3.63) is 65.7 Å². The maximum Gasteiger partial charge on any atom is 0.312 e. The molecule has 12 nitrogen and oxygen atoms in total. The standard InChI is InChI=1S/C37H47N5O7/c1-49-35(48)36-17-24-14-25(18-36)20-37(39,19-24)32(36)31(45)28(16-22-6-3-2-4-7-22)41-30(44)21-40-33(46)29-8-5-13-42(29)34(47)27(38)15-23-9-11-26(43)12-10-23/h2-4,6-7,9-12,24-25,27-29,32,43H,5,8,13-21,38-39H2,1H3,(H,40,46)(H,41,44)/t24?,25?,27-,28-,29+,32?,36?,37?/m0/s1. The number of ether oxygens (including phenoxy) is 1. The van der Waals surface area contributed by atoms with E-state index in [1.54, 1.807) is 12.1 Å². The minimum atomic E-state index is -1.03. The summed E-state index contributed by atoms with van der Waals surface area (Å²) in [5.41, 5.74) is 13.0. The van der Waals surface area contributed by atoms with Crippen molar-refractivity contribution in [1.29, 1.82) is 0 Å². The number of carbonyl (C=O) groups is 5. The van der Waals surface area contributed by atoms with Crippen molar-refractivity contribution in [2.75, 3.05) is 20.2 Å². The minimum Gasteiger partial charge on any atom is -0.508 e. The van der Waals surface area contributed by atoms with Gasteiger partial charge in [-0.2, -0.15) is 0 Å². The SMILES string of the molecule is COC(=O)C12CC3CC(CC(N)(C3)C1C(=O)[C@H](Cc1ccccc1)NC(=O)CNC(=O)[C@H]1CCCN1C(=O)[C@@H](N)Cc1ccc(O)cc1)C2. The van der Waals surface area contributed by atoms with E-state index < -0.39 is 59.3 Å². The Morgan fingerprint density at radius 3 is 2.27 bits per heavy atom. The van der Waals surface area contributed by atoms with Gasteiger partial charge in [0.2, 0.25) is 17.7 Å². The van der Waals surface area contributed by atoms with Crippen LogP contribution in [0.4, 0.5) is 0 Å². The molecule has 49 heavy (non-hydrogen) atoms. The molecule has 1 saturated heterocycles. The molecule has 2 aromatic carbocycles. The van der Waals surface area contributed by atoms with Crippen LogP contribution < -0.4 is 22.1 Å². The summed E-state index contributed by atoms with van der Waals surface area (Å²) in [6.07, 6.45) is 4.86. The number of hydrogen-bond donors (Lipinski definition) is 5. The molecule has 4 aliphatic carbocycles. The van der Waals surface area contributed by atoms with E-state index in [9.17, 15) is 29.1 Å². The lowest BCUT2D eigenvalue weighted by molar-refractivity contribution is -0.188. The van der Waals surface area contributed by atoms with Crippen molar-refractivity contribution in [2.24, 2.45) is 34.6 Å². The third-order valence-electron chi connectivity index (χ3n) is 11.2. The monoisotopic (exact) mass is 673 g/mol. The third-order valence-corrected chi connectivity index (χ3v) is 11.2. The third kappa shape index (κ3) is 6.94. The fourth-order valence-corrected chi connectivity index (χ4v) is 9.58. The molecule has 1 aliphatic heterocycles. The van der Waals surface area contributed by atoms with Gasteiger partial charge in [0.25, 0.3) is 0 Å². The molecule has 3 unspecified atom stereocenters.